The van der Waals surface area contributed by atoms with Crippen molar-refractivity contribution >= 4 is 17.4 Å². The highest BCUT2D eigenvalue weighted by Crippen LogP contribution is 2.25. The molecule has 0 spiro atoms. The fourth-order valence-corrected chi connectivity index (χ4v) is 2.65. The molecule has 0 radical (unpaired) electrons. The number of non-ortho nitro benzene ring substituents is 1. The van der Waals surface area contributed by atoms with E-state index in [1.54, 1.807) is 12.1 Å². The molecule has 0 aromatic heterocycles. The van der Waals surface area contributed by atoms with E-state index in [0.717, 1.165) is 17.9 Å². The van der Waals surface area contributed by atoms with Gasteiger partial charge in [-0.05, 0) is 12.1 Å². The molecule has 74 valence electrons. The average Bonchev–Trinajstić information content (AvgIpc) is 2.71. The molecule has 1 fully saturated rings. The molecule has 1 saturated heterocycles. The van der Waals surface area contributed by atoms with Crippen LogP contribution in [0.25, 0.3) is 0 Å². The van der Waals surface area contributed by atoms with Gasteiger partial charge in [-0.15, -0.1) is 0 Å². The van der Waals surface area contributed by atoms with E-state index in [2.05, 4.69) is 5.32 Å². The molecule has 14 heavy (non-hydrogen) atoms. The molecular weight excluding hydrogens is 200 g/mol. The fourth-order valence-electron chi connectivity index (χ4n) is 1.50. The molecule has 2 rings (SSSR count). The second-order valence-electron chi connectivity index (χ2n) is 3.16. The maximum absolute atomic E-state index is 10.4. The summed E-state index contributed by atoms with van der Waals surface area (Å²) in [4.78, 5) is 10.1. The molecule has 0 aliphatic carbocycles. The smallest absolute Gasteiger partial charge is 0.269 e. The first kappa shape index (κ1) is 9.48. The first-order valence-corrected chi connectivity index (χ1v) is 5.51. The monoisotopic (exact) mass is 211 g/mol. The SMILES string of the molecule is O=[N+]([O-])c1ccc([C@@H]2[NH2+]CCS2)cc1. The minimum Gasteiger partial charge on any atom is -0.331 e. The number of rotatable bonds is 2. The highest BCUT2D eigenvalue weighted by Gasteiger charge is 2.21. The van der Waals surface area contributed by atoms with Gasteiger partial charge < -0.3 is 5.32 Å². The number of thioether (sulfide) groups is 1. The summed E-state index contributed by atoms with van der Waals surface area (Å²) in [5.41, 5.74) is 1.33. The molecule has 0 bridgehead atoms. The number of nitro groups is 1. The Labute approximate surface area is 85.8 Å². The van der Waals surface area contributed by atoms with Crippen molar-refractivity contribution in [1.82, 2.24) is 0 Å². The van der Waals surface area contributed by atoms with Gasteiger partial charge in [0.25, 0.3) is 5.69 Å². The third-order valence-corrected chi connectivity index (χ3v) is 3.52. The van der Waals surface area contributed by atoms with Crippen LogP contribution in [0.5, 0.6) is 0 Å². The first-order valence-electron chi connectivity index (χ1n) is 4.46. The Kier molecular flexibility index (Phi) is 2.69. The molecule has 2 N–H and O–H groups in total. The maximum atomic E-state index is 10.4. The molecule has 0 unspecified atom stereocenters. The lowest BCUT2D eigenvalue weighted by molar-refractivity contribution is -0.663. The van der Waals surface area contributed by atoms with E-state index in [4.69, 9.17) is 0 Å². The lowest BCUT2D eigenvalue weighted by atomic mass is 10.2. The minimum absolute atomic E-state index is 0.164. The van der Waals surface area contributed by atoms with Crippen LogP contribution in [0.1, 0.15) is 10.9 Å². The molecule has 0 saturated carbocycles. The van der Waals surface area contributed by atoms with E-state index < -0.39 is 0 Å². The number of nitrogens with two attached hydrogens (primary N) is 1. The molecule has 5 heteroatoms. The predicted molar refractivity (Wildman–Crippen MR) is 55.1 cm³/mol. The van der Waals surface area contributed by atoms with Gasteiger partial charge in [-0.3, -0.25) is 10.1 Å². The quantitative estimate of drug-likeness (QED) is 0.584. The minimum atomic E-state index is -0.366. The third kappa shape index (κ3) is 1.88. The Hall–Kier alpha value is -1.07. The summed E-state index contributed by atoms with van der Waals surface area (Å²) in [5.74, 6) is 1.15. The standard InChI is InChI=1S/C9H10N2O2S/c12-11(13)8-3-1-7(2-4-8)9-10-5-6-14-9/h1-4,9-10H,5-6H2/p+1/t9-/m1/s1. The number of nitro benzene ring substituents is 1. The van der Waals surface area contributed by atoms with Gasteiger partial charge in [-0.1, -0.05) is 11.8 Å². The number of quaternary nitrogens is 1. The zero-order chi connectivity index (χ0) is 9.97. The summed E-state index contributed by atoms with van der Waals surface area (Å²) in [6, 6.07) is 6.83. The predicted octanol–water partition coefficient (Wildman–Crippen LogP) is 0.904. The Bertz CT molecular complexity index is 333. The normalized spacial score (nSPS) is 21.0. The number of hydrogen-bond donors (Lipinski definition) is 1. The van der Waals surface area contributed by atoms with E-state index in [-0.39, 0.29) is 10.6 Å². The summed E-state index contributed by atoms with van der Waals surface area (Å²) in [6.07, 6.45) is 0. The molecule has 1 aliphatic rings. The van der Waals surface area contributed by atoms with Crippen molar-refractivity contribution in [2.24, 2.45) is 0 Å². The van der Waals surface area contributed by atoms with Crippen molar-refractivity contribution in [3.05, 3.63) is 39.9 Å². The third-order valence-electron chi connectivity index (χ3n) is 2.23. The van der Waals surface area contributed by atoms with Crippen LogP contribution in [0, 0.1) is 10.1 Å². The Morgan fingerprint density at radius 2 is 2.14 bits per heavy atom. The van der Waals surface area contributed by atoms with Gasteiger partial charge in [0.05, 0.1) is 11.5 Å². The van der Waals surface area contributed by atoms with E-state index in [1.807, 2.05) is 23.9 Å². The van der Waals surface area contributed by atoms with Crippen LogP contribution < -0.4 is 5.32 Å². The lowest BCUT2D eigenvalue weighted by Crippen LogP contribution is -2.81. The first-order chi connectivity index (χ1) is 6.77. The molecule has 4 nitrogen and oxygen atoms in total. The van der Waals surface area contributed by atoms with Crippen molar-refractivity contribution in [3.63, 3.8) is 0 Å². The second kappa shape index (κ2) is 3.98. The average molecular weight is 211 g/mol. The van der Waals surface area contributed by atoms with E-state index in [9.17, 15) is 10.1 Å². The van der Waals surface area contributed by atoms with Gasteiger partial charge in [-0.2, -0.15) is 0 Å². The Balaban J connectivity index is 2.16. The molecule has 1 heterocycles. The van der Waals surface area contributed by atoms with Crippen LogP contribution in [-0.4, -0.2) is 17.2 Å². The van der Waals surface area contributed by atoms with E-state index in [0.29, 0.717) is 5.37 Å². The second-order valence-corrected chi connectivity index (χ2v) is 4.41. The Morgan fingerprint density at radius 1 is 1.43 bits per heavy atom. The molecular formula is C9H11N2O2S+. The largest absolute Gasteiger partial charge is 0.331 e. The number of nitrogens with zero attached hydrogens (tertiary/aromatic N) is 1. The number of hydrogen-bond acceptors (Lipinski definition) is 3. The summed E-state index contributed by atoms with van der Waals surface area (Å²) in [7, 11) is 0. The van der Waals surface area contributed by atoms with E-state index in [1.165, 1.54) is 0 Å². The van der Waals surface area contributed by atoms with Crippen molar-refractivity contribution in [3.8, 4) is 0 Å². The summed E-state index contributed by atoms with van der Waals surface area (Å²) < 4.78 is 0. The highest BCUT2D eigenvalue weighted by atomic mass is 32.2. The van der Waals surface area contributed by atoms with Gasteiger partial charge in [0, 0.05) is 23.4 Å². The van der Waals surface area contributed by atoms with Crippen LogP contribution in [0.2, 0.25) is 0 Å². The fraction of sp³-hybridized carbons (Fsp3) is 0.333. The summed E-state index contributed by atoms with van der Waals surface area (Å²) in [6.45, 7) is 1.13. The van der Waals surface area contributed by atoms with Gasteiger partial charge in [0.2, 0.25) is 0 Å². The van der Waals surface area contributed by atoms with Crippen molar-refractivity contribution in [2.45, 2.75) is 5.37 Å². The van der Waals surface area contributed by atoms with Crippen LogP contribution in [0.3, 0.4) is 0 Å². The maximum Gasteiger partial charge on any atom is 0.269 e. The van der Waals surface area contributed by atoms with E-state index >= 15 is 0 Å². The van der Waals surface area contributed by atoms with Crippen molar-refractivity contribution < 1.29 is 10.2 Å². The highest BCUT2D eigenvalue weighted by molar-refractivity contribution is 7.99. The Morgan fingerprint density at radius 3 is 2.64 bits per heavy atom. The topological polar surface area (TPSA) is 59.8 Å². The van der Waals surface area contributed by atoms with Gasteiger partial charge >= 0.3 is 0 Å². The molecule has 0 amide bonds. The van der Waals surface area contributed by atoms with Gasteiger partial charge in [-0.25, -0.2) is 0 Å². The van der Waals surface area contributed by atoms with Crippen LogP contribution in [-0.2, 0) is 0 Å². The van der Waals surface area contributed by atoms with Gasteiger partial charge in [0.1, 0.15) is 0 Å². The zero-order valence-electron chi connectivity index (χ0n) is 7.55. The number of benzene rings is 1. The molecule has 1 aromatic carbocycles. The van der Waals surface area contributed by atoms with Crippen molar-refractivity contribution in [1.29, 1.82) is 0 Å². The van der Waals surface area contributed by atoms with Crippen LogP contribution in [0.15, 0.2) is 24.3 Å². The molecule has 1 aromatic rings. The molecule has 1 aliphatic heterocycles. The summed E-state index contributed by atoms with van der Waals surface area (Å²) >= 11 is 1.88. The van der Waals surface area contributed by atoms with Crippen molar-refractivity contribution in [2.75, 3.05) is 12.3 Å². The summed E-state index contributed by atoms with van der Waals surface area (Å²) in [5, 5.41) is 13.1. The zero-order valence-corrected chi connectivity index (χ0v) is 8.37. The lowest BCUT2D eigenvalue weighted by Gasteiger charge is -2.05. The van der Waals surface area contributed by atoms with Crippen LogP contribution in [0.4, 0.5) is 5.69 Å². The molecule has 1 atom stereocenters. The van der Waals surface area contributed by atoms with Crippen LogP contribution >= 0.6 is 11.8 Å². The van der Waals surface area contributed by atoms with Gasteiger partial charge in [0.15, 0.2) is 5.37 Å².